The van der Waals surface area contributed by atoms with Crippen LogP contribution in [0.3, 0.4) is 0 Å². The standard InChI is InChI=1S/C25H12Cl2F4O4/c26-14-6-4-13(5-7-14)22-23(33)17-9-8-15(12-20(17)35-24(22)25(29,30)31)34-21(32)11-10-16-18(27)2-1-3-19(16)28/h1-12H. The number of carbonyl (C=O) groups is 1. The van der Waals surface area contributed by atoms with E-state index in [-0.39, 0.29) is 32.3 Å². The molecule has 1 aromatic heterocycles. The fraction of sp³-hybridized carbons (Fsp3) is 0.0400. The number of benzene rings is 3. The second kappa shape index (κ2) is 9.56. The summed E-state index contributed by atoms with van der Waals surface area (Å²) < 4.78 is 65.3. The molecule has 4 rings (SSSR count). The van der Waals surface area contributed by atoms with E-state index in [1.807, 2.05) is 0 Å². The molecule has 0 spiro atoms. The average molecular weight is 523 g/mol. The molecule has 3 aromatic carbocycles. The summed E-state index contributed by atoms with van der Waals surface area (Å²) in [7, 11) is 0. The van der Waals surface area contributed by atoms with Crippen molar-refractivity contribution in [2.45, 2.75) is 6.18 Å². The largest absolute Gasteiger partial charge is 0.450 e. The van der Waals surface area contributed by atoms with Gasteiger partial charge in [0, 0.05) is 22.7 Å². The van der Waals surface area contributed by atoms with E-state index >= 15 is 0 Å². The SMILES string of the molecule is O=C(C=Cc1c(F)cccc1Cl)Oc1ccc2c(=O)c(-c3ccc(Cl)cc3)c(C(F)(F)F)oc2c1. The molecule has 4 nitrogen and oxygen atoms in total. The molecule has 0 amide bonds. The van der Waals surface area contributed by atoms with Crippen LogP contribution in [0.25, 0.3) is 28.2 Å². The molecule has 0 aliphatic rings. The third-order valence-corrected chi connectivity index (χ3v) is 5.44. The number of halogens is 6. The molecule has 0 fully saturated rings. The van der Waals surface area contributed by atoms with Gasteiger partial charge in [-0.25, -0.2) is 9.18 Å². The second-order valence-corrected chi connectivity index (χ2v) is 8.03. The fourth-order valence-electron chi connectivity index (χ4n) is 3.29. The predicted octanol–water partition coefficient (Wildman–Crippen LogP) is 7.54. The Morgan fingerprint density at radius 2 is 1.71 bits per heavy atom. The van der Waals surface area contributed by atoms with Crippen molar-refractivity contribution in [3.8, 4) is 16.9 Å². The van der Waals surface area contributed by atoms with Crippen LogP contribution in [-0.4, -0.2) is 5.97 Å². The van der Waals surface area contributed by atoms with Gasteiger partial charge in [-0.2, -0.15) is 13.2 Å². The zero-order chi connectivity index (χ0) is 25.3. The van der Waals surface area contributed by atoms with Crippen LogP contribution in [0.2, 0.25) is 10.0 Å². The van der Waals surface area contributed by atoms with Gasteiger partial charge in [-0.3, -0.25) is 4.79 Å². The summed E-state index contributed by atoms with van der Waals surface area (Å²) in [6.07, 6.45) is -2.99. The fourth-order valence-corrected chi connectivity index (χ4v) is 3.64. The topological polar surface area (TPSA) is 56.5 Å². The van der Waals surface area contributed by atoms with Crippen molar-refractivity contribution in [3.05, 3.63) is 104 Å². The molecule has 178 valence electrons. The maximum atomic E-state index is 13.8. The summed E-state index contributed by atoms with van der Waals surface area (Å²) in [6.45, 7) is 0. The minimum absolute atomic E-state index is 0.0233. The lowest BCUT2D eigenvalue weighted by Crippen LogP contribution is -2.16. The maximum Gasteiger partial charge on any atom is 0.450 e. The molecule has 0 bridgehead atoms. The zero-order valence-electron chi connectivity index (χ0n) is 17.3. The number of hydrogen-bond acceptors (Lipinski definition) is 4. The van der Waals surface area contributed by atoms with E-state index < -0.39 is 40.3 Å². The van der Waals surface area contributed by atoms with E-state index in [2.05, 4.69) is 0 Å². The molecular formula is C25H12Cl2F4O4. The van der Waals surface area contributed by atoms with Gasteiger partial charge in [0.05, 0.1) is 16.0 Å². The first-order valence-corrected chi connectivity index (χ1v) is 10.6. The Morgan fingerprint density at radius 3 is 2.37 bits per heavy atom. The minimum atomic E-state index is -4.99. The van der Waals surface area contributed by atoms with E-state index in [0.717, 1.165) is 24.3 Å². The first-order valence-electron chi connectivity index (χ1n) is 9.82. The van der Waals surface area contributed by atoms with Crippen molar-refractivity contribution in [1.82, 2.24) is 0 Å². The minimum Gasteiger partial charge on any atom is -0.450 e. The molecule has 10 heteroatoms. The highest BCUT2D eigenvalue weighted by atomic mass is 35.5. The molecule has 0 aliphatic heterocycles. The molecular weight excluding hydrogens is 511 g/mol. The van der Waals surface area contributed by atoms with Crippen molar-refractivity contribution in [2.75, 3.05) is 0 Å². The van der Waals surface area contributed by atoms with Gasteiger partial charge >= 0.3 is 12.1 Å². The quantitative estimate of drug-likeness (QED) is 0.120. The highest BCUT2D eigenvalue weighted by Gasteiger charge is 2.39. The third kappa shape index (κ3) is 5.23. The van der Waals surface area contributed by atoms with Crippen molar-refractivity contribution in [2.24, 2.45) is 0 Å². The van der Waals surface area contributed by atoms with Crippen molar-refractivity contribution in [3.63, 3.8) is 0 Å². The normalized spacial score (nSPS) is 11.8. The first-order chi connectivity index (χ1) is 16.5. The van der Waals surface area contributed by atoms with Crippen LogP contribution in [0.15, 0.2) is 76.0 Å². The summed E-state index contributed by atoms with van der Waals surface area (Å²) >= 11 is 11.7. The van der Waals surface area contributed by atoms with Crippen LogP contribution >= 0.6 is 23.2 Å². The third-order valence-electron chi connectivity index (χ3n) is 4.86. The van der Waals surface area contributed by atoms with Crippen LogP contribution < -0.4 is 10.2 Å². The Kier molecular flexibility index (Phi) is 6.69. The Labute approximate surface area is 205 Å². The van der Waals surface area contributed by atoms with Crippen molar-refractivity contribution < 1.29 is 31.5 Å². The lowest BCUT2D eigenvalue weighted by molar-refractivity contribution is -0.152. The van der Waals surface area contributed by atoms with Gasteiger partial charge < -0.3 is 9.15 Å². The number of ether oxygens (including phenoxy) is 1. The number of fused-ring (bicyclic) bond motifs is 1. The summed E-state index contributed by atoms with van der Waals surface area (Å²) in [5, 5.41) is 0.194. The van der Waals surface area contributed by atoms with Crippen LogP contribution in [0.5, 0.6) is 5.75 Å². The Morgan fingerprint density at radius 1 is 1.00 bits per heavy atom. The number of carbonyl (C=O) groups excluding carboxylic acids is 1. The number of alkyl halides is 3. The summed E-state index contributed by atoms with van der Waals surface area (Å²) in [6, 6.07) is 12.6. The molecule has 35 heavy (non-hydrogen) atoms. The Hall–Kier alpha value is -3.62. The van der Waals surface area contributed by atoms with E-state index in [9.17, 15) is 27.2 Å². The summed E-state index contributed by atoms with van der Waals surface area (Å²) in [5.41, 5.74) is -2.10. The van der Waals surface area contributed by atoms with E-state index in [0.29, 0.717) is 0 Å². The van der Waals surface area contributed by atoms with Gasteiger partial charge in [-0.15, -0.1) is 0 Å². The molecule has 0 radical (unpaired) electrons. The summed E-state index contributed by atoms with van der Waals surface area (Å²) in [5.74, 6) is -3.32. The molecule has 0 atom stereocenters. The monoisotopic (exact) mass is 522 g/mol. The predicted molar refractivity (Wildman–Crippen MR) is 124 cm³/mol. The lowest BCUT2D eigenvalue weighted by atomic mass is 10.0. The lowest BCUT2D eigenvalue weighted by Gasteiger charge is -2.13. The Bertz CT molecular complexity index is 1500. The first kappa shape index (κ1) is 24.5. The van der Waals surface area contributed by atoms with Crippen LogP contribution in [-0.2, 0) is 11.0 Å². The van der Waals surface area contributed by atoms with Crippen molar-refractivity contribution in [1.29, 1.82) is 0 Å². The van der Waals surface area contributed by atoms with Crippen LogP contribution in [0.1, 0.15) is 11.3 Å². The van der Waals surface area contributed by atoms with Gasteiger partial charge in [0.15, 0.2) is 0 Å². The van der Waals surface area contributed by atoms with E-state index in [1.54, 1.807) is 0 Å². The van der Waals surface area contributed by atoms with Gasteiger partial charge in [0.25, 0.3) is 0 Å². The van der Waals surface area contributed by atoms with Crippen molar-refractivity contribution >= 4 is 46.2 Å². The average Bonchev–Trinajstić information content (AvgIpc) is 2.79. The molecule has 0 saturated heterocycles. The smallest absolute Gasteiger partial charge is 0.450 e. The zero-order valence-corrected chi connectivity index (χ0v) is 18.8. The van der Waals surface area contributed by atoms with Crippen LogP contribution in [0.4, 0.5) is 17.6 Å². The highest BCUT2D eigenvalue weighted by molar-refractivity contribution is 6.32. The molecule has 0 saturated carbocycles. The van der Waals surface area contributed by atoms with E-state index in [1.165, 1.54) is 48.5 Å². The van der Waals surface area contributed by atoms with E-state index in [4.69, 9.17) is 32.4 Å². The molecule has 0 aliphatic carbocycles. The molecule has 4 aromatic rings. The maximum absolute atomic E-state index is 13.8. The number of rotatable bonds is 4. The highest BCUT2D eigenvalue weighted by Crippen LogP contribution is 2.38. The molecule has 0 unspecified atom stereocenters. The molecule has 0 N–H and O–H groups in total. The van der Waals surface area contributed by atoms with Gasteiger partial charge in [0.1, 0.15) is 17.1 Å². The van der Waals surface area contributed by atoms with Gasteiger partial charge in [-0.1, -0.05) is 41.4 Å². The molecule has 1 heterocycles. The Balaban J connectivity index is 1.72. The summed E-state index contributed by atoms with van der Waals surface area (Å²) in [4.78, 5) is 25.1. The van der Waals surface area contributed by atoms with Crippen LogP contribution in [0, 0.1) is 5.82 Å². The number of esters is 1. The second-order valence-electron chi connectivity index (χ2n) is 7.19. The van der Waals surface area contributed by atoms with Gasteiger partial charge in [-0.05, 0) is 48.0 Å². The van der Waals surface area contributed by atoms with Gasteiger partial charge in [0.2, 0.25) is 11.2 Å². The number of hydrogen-bond donors (Lipinski definition) is 0.